The molecule has 0 atom stereocenters. The van der Waals surface area contributed by atoms with E-state index < -0.39 is 0 Å². The van der Waals surface area contributed by atoms with Gasteiger partial charge in [-0.15, -0.1) is 0 Å². The summed E-state index contributed by atoms with van der Waals surface area (Å²) in [6, 6.07) is 19.2. The number of aryl methyl sites for hydroxylation is 1. The van der Waals surface area contributed by atoms with Crippen molar-refractivity contribution in [2.24, 2.45) is 0 Å². The van der Waals surface area contributed by atoms with Gasteiger partial charge in [-0.25, -0.2) is 0 Å². The summed E-state index contributed by atoms with van der Waals surface area (Å²) in [5, 5.41) is 5.39. The summed E-state index contributed by atoms with van der Waals surface area (Å²) in [5.74, 6) is 0.133. The van der Waals surface area contributed by atoms with E-state index in [4.69, 9.17) is 4.74 Å². The summed E-state index contributed by atoms with van der Waals surface area (Å²) < 4.78 is 6.02. The summed E-state index contributed by atoms with van der Waals surface area (Å²) in [6.07, 6.45) is 0. The Kier molecular flexibility index (Phi) is 6.13. The zero-order chi connectivity index (χ0) is 23.5. The van der Waals surface area contributed by atoms with E-state index in [1.54, 1.807) is 53.4 Å². The Morgan fingerprint density at radius 1 is 0.970 bits per heavy atom. The second-order valence-corrected chi connectivity index (χ2v) is 8.15. The van der Waals surface area contributed by atoms with E-state index in [9.17, 15) is 14.4 Å². The Bertz CT molecular complexity index is 1220. The number of carbonyl (C=O) groups excluding carboxylic acids is 3. The van der Waals surface area contributed by atoms with Crippen molar-refractivity contribution in [3.63, 3.8) is 0 Å². The number of fused-ring (bicyclic) bond motifs is 2. The largest absolute Gasteiger partial charge is 0.454 e. The van der Waals surface area contributed by atoms with Crippen LogP contribution in [-0.4, -0.2) is 30.3 Å². The van der Waals surface area contributed by atoms with Crippen molar-refractivity contribution >= 4 is 29.1 Å². The van der Waals surface area contributed by atoms with Crippen LogP contribution in [0.1, 0.15) is 40.1 Å². The number of rotatable bonds is 5. The molecule has 168 valence electrons. The summed E-state index contributed by atoms with van der Waals surface area (Å²) >= 11 is 0. The number of carbonyl (C=O) groups is 3. The molecule has 3 amide bonds. The van der Waals surface area contributed by atoms with Gasteiger partial charge in [-0.3, -0.25) is 14.4 Å². The molecule has 1 aliphatic heterocycles. The Labute approximate surface area is 192 Å². The average Bonchev–Trinajstić information content (AvgIpc) is 2.91. The van der Waals surface area contributed by atoms with Crippen LogP contribution >= 0.6 is 0 Å². The monoisotopic (exact) mass is 443 g/mol. The highest BCUT2D eigenvalue weighted by Gasteiger charge is 2.30. The van der Waals surface area contributed by atoms with E-state index in [2.05, 4.69) is 10.6 Å². The molecule has 4 rings (SSSR count). The van der Waals surface area contributed by atoms with Crippen LogP contribution in [0, 0.1) is 6.92 Å². The molecule has 7 heteroatoms. The molecule has 0 saturated carbocycles. The Morgan fingerprint density at radius 3 is 2.42 bits per heavy atom. The quantitative estimate of drug-likeness (QED) is 0.607. The minimum Gasteiger partial charge on any atom is -0.454 e. The van der Waals surface area contributed by atoms with Gasteiger partial charge in [0.1, 0.15) is 5.75 Å². The molecule has 0 aliphatic carbocycles. The van der Waals surface area contributed by atoms with Crippen LogP contribution in [0.15, 0.2) is 66.7 Å². The lowest BCUT2D eigenvalue weighted by molar-refractivity contribution is -0.115. The molecule has 3 aromatic carbocycles. The molecule has 0 bridgehead atoms. The zero-order valence-electron chi connectivity index (χ0n) is 18.7. The van der Waals surface area contributed by atoms with Crippen molar-refractivity contribution in [3.05, 3.63) is 83.4 Å². The lowest BCUT2D eigenvalue weighted by Gasteiger charge is -2.26. The predicted molar refractivity (Wildman–Crippen MR) is 127 cm³/mol. The fourth-order valence-corrected chi connectivity index (χ4v) is 3.65. The molecular formula is C26H25N3O4. The van der Waals surface area contributed by atoms with E-state index in [1.165, 1.54) is 0 Å². The molecule has 0 fully saturated rings. The van der Waals surface area contributed by atoms with Crippen LogP contribution in [0.2, 0.25) is 0 Å². The highest BCUT2D eigenvalue weighted by molar-refractivity contribution is 6.10. The molecule has 0 radical (unpaired) electrons. The van der Waals surface area contributed by atoms with Crippen molar-refractivity contribution < 1.29 is 19.1 Å². The van der Waals surface area contributed by atoms with Gasteiger partial charge in [-0.2, -0.15) is 0 Å². The Hall–Kier alpha value is -4.13. The number of anilines is 2. The lowest BCUT2D eigenvalue weighted by atomic mass is 10.1. The maximum atomic E-state index is 13.2. The van der Waals surface area contributed by atoms with Gasteiger partial charge < -0.3 is 20.3 Å². The maximum Gasteiger partial charge on any atom is 0.262 e. The molecule has 0 aromatic heterocycles. The predicted octanol–water partition coefficient (Wildman–Crippen LogP) is 4.52. The second-order valence-electron chi connectivity index (χ2n) is 8.15. The van der Waals surface area contributed by atoms with Gasteiger partial charge in [-0.05, 0) is 63.2 Å². The molecule has 33 heavy (non-hydrogen) atoms. The number of hydrogen-bond donors (Lipinski definition) is 2. The number of hydrogen-bond acceptors (Lipinski definition) is 4. The number of para-hydroxylation sites is 1. The second kappa shape index (κ2) is 9.16. The van der Waals surface area contributed by atoms with Crippen molar-refractivity contribution in [2.45, 2.75) is 26.8 Å². The first-order valence-electron chi connectivity index (χ1n) is 10.7. The van der Waals surface area contributed by atoms with Gasteiger partial charge in [0.25, 0.3) is 11.8 Å². The lowest BCUT2D eigenvalue weighted by Crippen LogP contribution is -2.36. The number of nitrogens with one attached hydrogen (secondary N) is 2. The van der Waals surface area contributed by atoms with Crippen LogP contribution in [0.4, 0.5) is 11.4 Å². The third kappa shape index (κ3) is 4.72. The number of benzene rings is 3. The highest BCUT2D eigenvalue weighted by Crippen LogP contribution is 2.41. The summed E-state index contributed by atoms with van der Waals surface area (Å²) in [4.78, 5) is 39.6. The fraction of sp³-hybridized carbons (Fsp3) is 0.192. The fourth-order valence-electron chi connectivity index (χ4n) is 3.65. The van der Waals surface area contributed by atoms with E-state index in [-0.39, 0.29) is 30.3 Å². The molecular weight excluding hydrogens is 418 g/mol. The molecule has 0 saturated heterocycles. The Balaban J connectivity index is 1.50. The zero-order valence-corrected chi connectivity index (χ0v) is 18.7. The SMILES string of the molecule is Cc1ccc(C(=O)NCC(=O)Nc2ccc3c(c2)N(C(C)C)C(=O)c2ccccc2O3)cc1. The van der Waals surface area contributed by atoms with Crippen LogP contribution < -0.4 is 20.3 Å². The third-order valence-electron chi connectivity index (χ3n) is 5.30. The van der Waals surface area contributed by atoms with E-state index in [1.807, 2.05) is 39.0 Å². The van der Waals surface area contributed by atoms with Crippen LogP contribution in [0.5, 0.6) is 11.5 Å². The van der Waals surface area contributed by atoms with Crippen molar-refractivity contribution in [1.29, 1.82) is 0 Å². The van der Waals surface area contributed by atoms with Gasteiger partial charge in [0, 0.05) is 17.3 Å². The van der Waals surface area contributed by atoms with Gasteiger partial charge in [0.05, 0.1) is 17.8 Å². The number of nitrogens with zero attached hydrogens (tertiary/aromatic N) is 1. The normalized spacial score (nSPS) is 12.4. The highest BCUT2D eigenvalue weighted by atomic mass is 16.5. The molecule has 2 N–H and O–H groups in total. The van der Waals surface area contributed by atoms with Crippen molar-refractivity contribution in [3.8, 4) is 11.5 Å². The number of amides is 3. The first-order chi connectivity index (χ1) is 15.8. The van der Waals surface area contributed by atoms with Gasteiger partial charge >= 0.3 is 0 Å². The molecule has 1 heterocycles. The Morgan fingerprint density at radius 2 is 1.70 bits per heavy atom. The van der Waals surface area contributed by atoms with Gasteiger partial charge in [0.2, 0.25) is 5.91 Å². The van der Waals surface area contributed by atoms with E-state index >= 15 is 0 Å². The van der Waals surface area contributed by atoms with E-state index in [0.717, 1.165) is 5.56 Å². The molecule has 0 spiro atoms. The van der Waals surface area contributed by atoms with Crippen LogP contribution in [0.25, 0.3) is 0 Å². The average molecular weight is 444 g/mol. The minimum absolute atomic E-state index is 0.134. The van der Waals surface area contributed by atoms with Crippen molar-refractivity contribution in [2.75, 3.05) is 16.8 Å². The molecule has 1 aliphatic rings. The molecule has 3 aromatic rings. The van der Waals surface area contributed by atoms with E-state index in [0.29, 0.717) is 34.0 Å². The first kappa shape index (κ1) is 22.1. The summed E-state index contributed by atoms with van der Waals surface area (Å²) in [6.45, 7) is 5.59. The first-order valence-corrected chi connectivity index (χ1v) is 10.7. The smallest absolute Gasteiger partial charge is 0.262 e. The topological polar surface area (TPSA) is 87.7 Å². The summed E-state index contributed by atoms with van der Waals surface area (Å²) in [7, 11) is 0. The van der Waals surface area contributed by atoms with Gasteiger partial charge in [-0.1, -0.05) is 29.8 Å². The third-order valence-corrected chi connectivity index (χ3v) is 5.30. The van der Waals surface area contributed by atoms with Crippen molar-refractivity contribution in [1.82, 2.24) is 5.32 Å². The number of ether oxygens (including phenoxy) is 1. The standard InChI is InChI=1S/C26H25N3O4/c1-16(2)29-21-14-19(12-13-23(21)33-22-7-5-4-6-20(22)26(29)32)28-24(30)15-27-25(31)18-10-8-17(3)9-11-18/h4-14,16H,15H2,1-3H3,(H,27,31)(H,28,30). The summed E-state index contributed by atoms with van der Waals surface area (Å²) in [5.41, 5.74) is 3.07. The minimum atomic E-state index is -0.379. The van der Waals surface area contributed by atoms with Gasteiger partial charge in [0.15, 0.2) is 5.75 Å². The maximum absolute atomic E-state index is 13.2. The molecule has 7 nitrogen and oxygen atoms in total. The van der Waals surface area contributed by atoms with Crippen LogP contribution in [0.3, 0.4) is 0 Å². The van der Waals surface area contributed by atoms with Crippen LogP contribution in [-0.2, 0) is 4.79 Å². The molecule has 0 unspecified atom stereocenters.